The van der Waals surface area contributed by atoms with E-state index < -0.39 is 9.84 Å². The minimum atomic E-state index is -2.99. The van der Waals surface area contributed by atoms with Crippen LogP contribution in [0.4, 0.5) is 0 Å². The summed E-state index contributed by atoms with van der Waals surface area (Å²) >= 11 is 1.55. The summed E-state index contributed by atoms with van der Waals surface area (Å²) in [6.45, 7) is 6.71. The van der Waals surface area contributed by atoms with E-state index in [0.29, 0.717) is 12.0 Å². The van der Waals surface area contributed by atoms with Gasteiger partial charge in [-0.15, -0.1) is 11.3 Å². The molecule has 108 valence electrons. The molecule has 1 heterocycles. The zero-order valence-corrected chi connectivity index (χ0v) is 13.4. The first kappa shape index (κ1) is 14.9. The van der Waals surface area contributed by atoms with E-state index in [-0.39, 0.29) is 11.5 Å². The number of hydrogen-bond donors (Lipinski definition) is 1. The van der Waals surface area contributed by atoms with Gasteiger partial charge in [-0.1, -0.05) is 20.8 Å². The van der Waals surface area contributed by atoms with E-state index in [0.717, 1.165) is 17.2 Å². The van der Waals surface area contributed by atoms with Crippen LogP contribution in [-0.2, 0) is 22.1 Å². The largest absolute Gasteiger partial charge is 0.309 e. The number of hydrogen-bond acceptors (Lipinski definition) is 5. The van der Waals surface area contributed by atoms with E-state index in [1.165, 1.54) is 17.7 Å². The molecule has 19 heavy (non-hydrogen) atoms. The predicted octanol–water partition coefficient (Wildman–Crippen LogP) is 2.45. The molecule has 0 amide bonds. The second-order valence-corrected chi connectivity index (χ2v) is 8.92. The zero-order chi connectivity index (χ0) is 14.0. The van der Waals surface area contributed by atoms with Crippen molar-refractivity contribution in [3.8, 4) is 0 Å². The van der Waals surface area contributed by atoms with Gasteiger partial charge in [-0.3, -0.25) is 0 Å². The van der Waals surface area contributed by atoms with E-state index >= 15 is 0 Å². The summed E-state index contributed by atoms with van der Waals surface area (Å²) in [5.74, 6) is 0.599. The van der Waals surface area contributed by atoms with E-state index in [1.54, 1.807) is 18.3 Å². The van der Waals surface area contributed by atoms with Crippen LogP contribution in [0.2, 0.25) is 0 Å². The van der Waals surface area contributed by atoms with E-state index in [4.69, 9.17) is 0 Å². The second kappa shape index (κ2) is 5.89. The maximum atomic E-state index is 11.7. The first-order valence-electron chi connectivity index (χ1n) is 6.83. The Morgan fingerprint density at radius 1 is 1.42 bits per heavy atom. The van der Waals surface area contributed by atoms with Crippen LogP contribution in [0.25, 0.3) is 0 Å². The number of sulfone groups is 1. The lowest BCUT2D eigenvalue weighted by atomic mass is 10.1. The van der Waals surface area contributed by atoms with Crippen LogP contribution in [0.15, 0.2) is 0 Å². The number of nitrogens with one attached hydrogen (secondary N) is 1. The summed E-state index contributed by atoms with van der Waals surface area (Å²) in [4.78, 5) is 5.74. The summed E-state index contributed by atoms with van der Waals surface area (Å²) in [5, 5.41) is 4.21. The van der Waals surface area contributed by atoms with Crippen molar-refractivity contribution in [1.82, 2.24) is 10.3 Å². The Hall–Kier alpha value is -0.460. The lowest BCUT2D eigenvalue weighted by molar-refractivity contribution is 0.596. The van der Waals surface area contributed by atoms with Crippen molar-refractivity contribution in [1.29, 1.82) is 0 Å². The minimum absolute atomic E-state index is 0.0807. The Morgan fingerprint density at radius 2 is 2.11 bits per heavy atom. The van der Waals surface area contributed by atoms with Crippen molar-refractivity contribution < 1.29 is 8.42 Å². The molecular weight excluding hydrogens is 280 g/mol. The van der Waals surface area contributed by atoms with Gasteiger partial charge in [0.2, 0.25) is 0 Å². The van der Waals surface area contributed by atoms with Crippen LogP contribution in [0.3, 0.4) is 0 Å². The molecule has 0 spiro atoms. The third-order valence-corrected chi connectivity index (χ3v) is 6.08. The molecule has 1 aromatic rings. The lowest BCUT2D eigenvalue weighted by Gasteiger charge is -2.05. The summed E-state index contributed by atoms with van der Waals surface area (Å²) in [7, 11) is -2.99. The first-order valence-corrected chi connectivity index (χ1v) is 9.47. The average molecular weight is 302 g/mol. The molecule has 6 heteroatoms. The van der Waals surface area contributed by atoms with Gasteiger partial charge in [0.25, 0.3) is 0 Å². The molecule has 4 nitrogen and oxygen atoms in total. The van der Waals surface area contributed by atoms with Crippen LogP contribution in [0, 0.1) is 0 Å². The highest BCUT2D eigenvalue weighted by atomic mass is 32.2. The molecule has 1 N–H and O–H groups in total. The van der Waals surface area contributed by atoms with Crippen molar-refractivity contribution in [2.45, 2.75) is 57.9 Å². The Balaban J connectivity index is 2.13. The van der Waals surface area contributed by atoms with Crippen molar-refractivity contribution in [2.24, 2.45) is 0 Å². The van der Waals surface area contributed by atoms with Gasteiger partial charge in [-0.2, -0.15) is 0 Å². The third-order valence-electron chi connectivity index (χ3n) is 3.23. The van der Waals surface area contributed by atoms with Gasteiger partial charge in [0.1, 0.15) is 10.8 Å². The Morgan fingerprint density at radius 3 is 2.63 bits per heavy atom. The third kappa shape index (κ3) is 4.26. The Labute approximate surface area is 119 Å². The average Bonchev–Trinajstić information content (AvgIpc) is 3.08. The number of rotatable bonds is 7. The van der Waals surface area contributed by atoms with Crippen molar-refractivity contribution in [3.05, 3.63) is 15.6 Å². The van der Waals surface area contributed by atoms with E-state index in [1.807, 2.05) is 0 Å². The Kier molecular flexibility index (Phi) is 4.63. The fourth-order valence-electron chi connectivity index (χ4n) is 1.87. The topological polar surface area (TPSA) is 59.1 Å². The van der Waals surface area contributed by atoms with Gasteiger partial charge in [0.15, 0.2) is 9.84 Å². The van der Waals surface area contributed by atoms with Crippen LogP contribution in [0.1, 0.15) is 55.1 Å². The van der Waals surface area contributed by atoms with Crippen molar-refractivity contribution in [2.75, 3.05) is 5.75 Å². The summed E-state index contributed by atoms with van der Waals surface area (Å²) in [5.41, 5.74) is 1.06. The summed E-state index contributed by atoms with van der Waals surface area (Å²) in [6.07, 6.45) is 2.51. The van der Waals surface area contributed by atoms with Gasteiger partial charge < -0.3 is 5.32 Å². The standard InChI is InChI=1S/C13H22N2O2S2/c1-4-19(16,17)8-12-15-13(9(2)3)11(18-12)7-14-10-5-6-10/h9-10,14H,4-8H2,1-3H3. The van der Waals surface area contributed by atoms with Crippen LogP contribution in [0.5, 0.6) is 0 Å². The normalized spacial score (nSPS) is 16.2. The van der Waals surface area contributed by atoms with Gasteiger partial charge in [-0.05, 0) is 18.8 Å². The molecule has 1 aromatic heterocycles. The van der Waals surface area contributed by atoms with Crippen molar-refractivity contribution in [3.63, 3.8) is 0 Å². The monoisotopic (exact) mass is 302 g/mol. The van der Waals surface area contributed by atoms with Gasteiger partial charge in [0.05, 0.1) is 5.69 Å². The van der Waals surface area contributed by atoms with E-state index in [9.17, 15) is 8.42 Å². The molecule has 0 aromatic carbocycles. The SMILES string of the molecule is CCS(=O)(=O)Cc1nc(C(C)C)c(CNC2CC2)s1. The quantitative estimate of drug-likeness (QED) is 0.840. The molecule has 1 aliphatic carbocycles. The molecule has 1 fully saturated rings. The van der Waals surface area contributed by atoms with Crippen LogP contribution < -0.4 is 5.32 Å². The fraction of sp³-hybridized carbons (Fsp3) is 0.769. The van der Waals surface area contributed by atoms with Crippen molar-refractivity contribution >= 4 is 21.2 Å². The zero-order valence-electron chi connectivity index (χ0n) is 11.8. The molecule has 1 saturated carbocycles. The molecule has 0 aliphatic heterocycles. The molecule has 0 unspecified atom stereocenters. The number of nitrogens with zero attached hydrogens (tertiary/aromatic N) is 1. The second-order valence-electron chi connectivity index (χ2n) is 5.40. The predicted molar refractivity (Wildman–Crippen MR) is 79.2 cm³/mol. The van der Waals surface area contributed by atoms with Gasteiger partial charge in [0, 0.05) is 23.2 Å². The molecule has 0 saturated heterocycles. The van der Waals surface area contributed by atoms with E-state index in [2.05, 4.69) is 24.1 Å². The first-order chi connectivity index (χ1) is 8.91. The lowest BCUT2D eigenvalue weighted by Crippen LogP contribution is -2.15. The highest BCUT2D eigenvalue weighted by Crippen LogP contribution is 2.28. The van der Waals surface area contributed by atoms with Gasteiger partial charge in [-0.25, -0.2) is 13.4 Å². The smallest absolute Gasteiger partial charge is 0.156 e. The van der Waals surface area contributed by atoms with Crippen LogP contribution >= 0.6 is 11.3 Å². The summed E-state index contributed by atoms with van der Waals surface area (Å²) in [6, 6.07) is 0.657. The molecule has 1 aliphatic rings. The van der Waals surface area contributed by atoms with Gasteiger partial charge >= 0.3 is 0 Å². The molecule has 0 bridgehead atoms. The van der Waals surface area contributed by atoms with Crippen LogP contribution in [-0.4, -0.2) is 25.2 Å². The maximum absolute atomic E-state index is 11.7. The Bertz CT molecular complexity index is 531. The minimum Gasteiger partial charge on any atom is -0.309 e. The fourth-order valence-corrected chi connectivity index (χ4v) is 4.26. The molecule has 0 atom stereocenters. The molecular formula is C13H22N2O2S2. The maximum Gasteiger partial charge on any atom is 0.156 e. The molecule has 0 radical (unpaired) electrons. The number of thiazole rings is 1. The highest BCUT2D eigenvalue weighted by Gasteiger charge is 2.23. The molecule has 2 rings (SSSR count). The highest BCUT2D eigenvalue weighted by molar-refractivity contribution is 7.90. The number of aromatic nitrogens is 1. The summed E-state index contributed by atoms with van der Waals surface area (Å²) < 4.78 is 23.4.